The molecule has 1 N–H and O–H groups in total. The highest BCUT2D eigenvalue weighted by Gasteiger charge is 2.39. The number of hydrogen-bond acceptors (Lipinski definition) is 6. The van der Waals surface area contributed by atoms with Crippen LogP contribution in [0.4, 0.5) is 8.78 Å². The largest absolute Gasteiger partial charge is 0.356 e. The molecule has 0 aliphatic carbocycles. The number of nitrogens with zero attached hydrogens (tertiary/aromatic N) is 3. The first-order valence-corrected chi connectivity index (χ1v) is 12.1. The van der Waals surface area contributed by atoms with E-state index in [0.29, 0.717) is 23.3 Å². The maximum absolute atomic E-state index is 15.0. The van der Waals surface area contributed by atoms with Gasteiger partial charge in [0.15, 0.2) is 5.58 Å². The average molecular weight is 494 g/mol. The van der Waals surface area contributed by atoms with Crippen molar-refractivity contribution < 1.29 is 27.7 Å². The van der Waals surface area contributed by atoms with Crippen molar-refractivity contribution in [1.82, 2.24) is 20.3 Å². The maximum atomic E-state index is 15.0. The second-order valence-corrected chi connectivity index (χ2v) is 9.76. The number of hydrogen-bond donors (Lipinski definition) is 1. The number of piperidine rings is 2. The molecule has 36 heavy (non-hydrogen) atoms. The predicted octanol–water partition coefficient (Wildman–Crippen LogP) is 3.25. The number of likely N-dealkylation sites (tertiary alicyclic amines) is 1. The number of benzene rings is 2. The number of carbonyl (C=O) groups is 3. The molecule has 0 radical (unpaired) electrons. The Balaban J connectivity index is 1.13. The minimum atomic E-state index is -0.725. The van der Waals surface area contributed by atoms with E-state index in [4.69, 9.17) is 4.52 Å². The minimum absolute atomic E-state index is 0.174. The third-order valence-electron chi connectivity index (χ3n) is 7.52. The van der Waals surface area contributed by atoms with Crippen LogP contribution >= 0.6 is 0 Å². The van der Waals surface area contributed by atoms with Crippen LogP contribution in [0.15, 0.2) is 34.9 Å². The summed E-state index contributed by atoms with van der Waals surface area (Å²) >= 11 is 0. The van der Waals surface area contributed by atoms with E-state index in [1.807, 2.05) is 0 Å². The van der Waals surface area contributed by atoms with Crippen LogP contribution in [-0.2, 0) is 22.7 Å². The van der Waals surface area contributed by atoms with Crippen molar-refractivity contribution in [3.8, 4) is 0 Å². The molecule has 4 heterocycles. The van der Waals surface area contributed by atoms with E-state index in [1.165, 1.54) is 23.1 Å². The van der Waals surface area contributed by atoms with Gasteiger partial charge in [0.2, 0.25) is 11.8 Å². The van der Waals surface area contributed by atoms with Gasteiger partial charge in [-0.15, -0.1) is 0 Å². The van der Waals surface area contributed by atoms with Crippen molar-refractivity contribution in [2.45, 2.75) is 50.7 Å². The van der Waals surface area contributed by atoms with E-state index < -0.39 is 17.8 Å². The van der Waals surface area contributed by atoms with E-state index in [0.717, 1.165) is 37.0 Å². The molecule has 0 spiro atoms. The lowest BCUT2D eigenvalue weighted by atomic mass is 9.91. The van der Waals surface area contributed by atoms with Crippen molar-refractivity contribution in [3.63, 3.8) is 0 Å². The SMILES string of the molecule is O=C1CCC(N2Cc3cc(CN4CCC(c5noc6cc(F)ccc56)CC4)c(F)cc3C2=O)C(=O)N1. The van der Waals surface area contributed by atoms with Crippen LogP contribution in [-0.4, -0.2) is 51.8 Å². The quantitative estimate of drug-likeness (QED) is 0.560. The molecule has 10 heteroatoms. The molecule has 186 valence electrons. The van der Waals surface area contributed by atoms with E-state index >= 15 is 4.39 Å². The smallest absolute Gasteiger partial charge is 0.255 e. The predicted molar refractivity (Wildman–Crippen MR) is 124 cm³/mol. The third-order valence-corrected chi connectivity index (χ3v) is 7.52. The average Bonchev–Trinajstić information content (AvgIpc) is 3.41. The number of imide groups is 1. The minimum Gasteiger partial charge on any atom is -0.356 e. The summed E-state index contributed by atoms with van der Waals surface area (Å²) in [5.41, 5.74) is 2.74. The van der Waals surface area contributed by atoms with E-state index in [1.54, 1.807) is 12.1 Å². The van der Waals surface area contributed by atoms with Gasteiger partial charge in [-0.1, -0.05) is 5.16 Å². The van der Waals surface area contributed by atoms with Crippen LogP contribution in [0.1, 0.15) is 58.8 Å². The van der Waals surface area contributed by atoms with E-state index in [-0.39, 0.29) is 48.5 Å². The normalized spacial score (nSPS) is 21.3. The topological polar surface area (TPSA) is 95.8 Å². The molecular weight excluding hydrogens is 470 g/mol. The van der Waals surface area contributed by atoms with Gasteiger partial charge in [-0.25, -0.2) is 8.78 Å². The summed E-state index contributed by atoms with van der Waals surface area (Å²) < 4.78 is 33.8. The summed E-state index contributed by atoms with van der Waals surface area (Å²) in [5.74, 6) is -1.84. The third kappa shape index (κ3) is 3.95. The van der Waals surface area contributed by atoms with Crippen molar-refractivity contribution in [1.29, 1.82) is 0 Å². The number of rotatable bonds is 4. The van der Waals surface area contributed by atoms with E-state index in [9.17, 15) is 18.8 Å². The molecule has 2 saturated heterocycles. The van der Waals surface area contributed by atoms with Crippen LogP contribution in [0.25, 0.3) is 11.0 Å². The van der Waals surface area contributed by atoms with Gasteiger partial charge in [-0.05, 0) is 62.2 Å². The Morgan fingerprint density at radius 2 is 1.86 bits per heavy atom. The highest BCUT2D eigenvalue weighted by molar-refractivity contribution is 6.05. The van der Waals surface area contributed by atoms with Gasteiger partial charge in [0, 0.05) is 48.0 Å². The monoisotopic (exact) mass is 494 g/mol. The zero-order chi connectivity index (χ0) is 25.0. The zero-order valence-electron chi connectivity index (χ0n) is 19.4. The molecule has 2 fully saturated rings. The molecule has 1 atom stereocenters. The van der Waals surface area contributed by atoms with Crippen LogP contribution in [0.5, 0.6) is 0 Å². The molecule has 8 nitrogen and oxygen atoms in total. The Morgan fingerprint density at radius 3 is 2.64 bits per heavy atom. The zero-order valence-corrected chi connectivity index (χ0v) is 19.4. The number of aromatic nitrogens is 1. The maximum Gasteiger partial charge on any atom is 0.255 e. The van der Waals surface area contributed by atoms with E-state index in [2.05, 4.69) is 15.4 Å². The van der Waals surface area contributed by atoms with Gasteiger partial charge < -0.3 is 9.42 Å². The highest BCUT2D eigenvalue weighted by atomic mass is 19.1. The Labute approximate surface area is 205 Å². The number of halogens is 2. The summed E-state index contributed by atoms with van der Waals surface area (Å²) in [5, 5.41) is 7.28. The van der Waals surface area contributed by atoms with Crippen molar-refractivity contribution >= 4 is 28.7 Å². The molecule has 1 aromatic heterocycles. The fourth-order valence-electron chi connectivity index (χ4n) is 5.59. The van der Waals surface area contributed by atoms with Gasteiger partial charge in [0.25, 0.3) is 5.91 Å². The number of amides is 3. The number of fused-ring (bicyclic) bond motifs is 2. The summed E-state index contributed by atoms with van der Waals surface area (Å²) in [4.78, 5) is 40.2. The van der Waals surface area contributed by atoms with Gasteiger partial charge >= 0.3 is 0 Å². The van der Waals surface area contributed by atoms with Crippen molar-refractivity contribution in [3.05, 3.63) is 64.4 Å². The summed E-state index contributed by atoms with van der Waals surface area (Å²) in [6.45, 7) is 2.09. The molecule has 3 aromatic rings. The van der Waals surface area contributed by atoms with Gasteiger partial charge in [-0.2, -0.15) is 0 Å². The molecule has 0 bridgehead atoms. The molecular formula is C26H24F2N4O4. The first-order valence-electron chi connectivity index (χ1n) is 12.1. The van der Waals surface area contributed by atoms with Crippen LogP contribution in [0.2, 0.25) is 0 Å². The fourth-order valence-corrected chi connectivity index (χ4v) is 5.59. The lowest BCUT2D eigenvalue weighted by molar-refractivity contribution is -0.136. The highest BCUT2D eigenvalue weighted by Crippen LogP contribution is 2.34. The molecule has 6 rings (SSSR count). The summed E-state index contributed by atoms with van der Waals surface area (Å²) in [7, 11) is 0. The second-order valence-electron chi connectivity index (χ2n) is 9.76. The molecule has 0 saturated carbocycles. The molecule has 2 aromatic carbocycles. The Morgan fingerprint density at radius 1 is 1.06 bits per heavy atom. The fraction of sp³-hybridized carbons (Fsp3) is 0.385. The Kier molecular flexibility index (Phi) is 5.55. The molecule has 3 amide bonds. The number of nitrogens with one attached hydrogen (secondary N) is 1. The standard InChI is InChI=1S/C26H24F2N4O4/c27-17-1-2-18-22(10-17)36-30-24(18)14-5-7-31(8-6-14)12-16-9-15-13-32(26(35)19(15)11-20(16)28)21-3-4-23(33)29-25(21)34/h1-2,9-11,14,21H,3-8,12-13H2,(H,29,33,34). The summed E-state index contributed by atoms with van der Waals surface area (Å²) in [6, 6.07) is 6.71. The Hall–Kier alpha value is -3.66. The van der Waals surface area contributed by atoms with Crippen LogP contribution < -0.4 is 5.32 Å². The van der Waals surface area contributed by atoms with Gasteiger partial charge in [0.05, 0.1) is 5.69 Å². The lowest BCUT2D eigenvalue weighted by Gasteiger charge is -2.31. The number of carbonyl (C=O) groups excluding carboxylic acids is 3. The van der Waals surface area contributed by atoms with Crippen molar-refractivity contribution in [2.75, 3.05) is 13.1 Å². The van der Waals surface area contributed by atoms with Crippen molar-refractivity contribution in [2.24, 2.45) is 0 Å². The van der Waals surface area contributed by atoms with Gasteiger partial charge in [0.1, 0.15) is 17.7 Å². The lowest BCUT2D eigenvalue weighted by Crippen LogP contribution is -2.52. The first-order chi connectivity index (χ1) is 17.4. The summed E-state index contributed by atoms with van der Waals surface area (Å²) in [6.07, 6.45) is 2.07. The molecule has 3 aliphatic rings. The van der Waals surface area contributed by atoms with Crippen LogP contribution in [0.3, 0.4) is 0 Å². The molecule has 3 aliphatic heterocycles. The molecule has 1 unspecified atom stereocenters. The van der Waals surface area contributed by atoms with Crippen LogP contribution in [0, 0.1) is 11.6 Å². The van der Waals surface area contributed by atoms with Gasteiger partial charge in [-0.3, -0.25) is 24.6 Å². The first kappa shape index (κ1) is 22.8. The Bertz CT molecular complexity index is 1400. The second kappa shape index (κ2) is 8.77.